The zero-order chi connectivity index (χ0) is 16.7. The van der Waals surface area contributed by atoms with Crippen LogP contribution in [0, 0.1) is 0 Å². The van der Waals surface area contributed by atoms with Crippen LogP contribution in [0.25, 0.3) is 0 Å². The number of nitrogens with one attached hydrogen (secondary N) is 2. The number of anilines is 1. The lowest BCUT2D eigenvalue weighted by molar-refractivity contribution is -0.117. The predicted octanol–water partition coefficient (Wildman–Crippen LogP) is 1.10. The van der Waals surface area contributed by atoms with E-state index in [4.69, 9.17) is 0 Å². The number of rotatable bonds is 7. The molecule has 0 saturated carbocycles. The fraction of sp³-hybridized carbons (Fsp3) is 0.562. The highest BCUT2D eigenvalue weighted by Gasteiger charge is 2.15. The molecule has 1 aliphatic heterocycles. The third-order valence-corrected chi connectivity index (χ3v) is 5.66. The van der Waals surface area contributed by atoms with Gasteiger partial charge in [-0.1, -0.05) is 13.3 Å². The maximum absolute atomic E-state index is 12.1. The maximum atomic E-state index is 12.1. The second-order valence-electron chi connectivity index (χ2n) is 5.77. The van der Waals surface area contributed by atoms with E-state index in [9.17, 15) is 13.2 Å². The van der Waals surface area contributed by atoms with Crippen LogP contribution in [0.2, 0.25) is 0 Å². The van der Waals surface area contributed by atoms with Crippen molar-refractivity contribution in [2.75, 3.05) is 43.8 Å². The predicted molar refractivity (Wildman–Crippen MR) is 91.3 cm³/mol. The summed E-state index contributed by atoms with van der Waals surface area (Å²) < 4.78 is 24.2. The highest BCUT2D eigenvalue weighted by molar-refractivity contribution is 7.91. The molecule has 0 spiro atoms. The Labute approximate surface area is 138 Å². The number of carbonyl (C=O) groups excluding carboxylic acids is 1. The van der Waals surface area contributed by atoms with Gasteiger partial charge in [-0.05, 0) is 30.7 Å². The molecule has 0 unspecified atom stereocenters. The molecule has 1 aliphatic rings. The summed E-state index contributed by atoms with van der Waals surface area (Å²) in [6.07, 6.45) is 1.50. The van der Waals surface area contributed by atoms with Crippen LogP contribution in [0.1, 0.15) is 19.8 Å². The average molecular weight is 339 g/mol. The van der Waals surface area contributed by atoms with Gasteiger partial charge in [-0.25, -0.2) is 8.42 Å². The molecule has 0 bridgehead atoms. The number of amides is 1. The third-order valence-electron chi connectivity index (χ3n) is 3.84. The third kappa shape index (κ3) is 5.60. The van der Waals surface area contributed by atoms with E-state index in [1.165, 1.54) is 0 Å². The number of nitrogens with zero attached hydrogens (tertiary/aromatic N) is 1. The number of sulfone groups is 1. The summed E-state index contributed by atoms with van der Waals surface area (Å²) >= 11 is 0. The Bertz CT molecular complexity index is 608. The van der Waals surface area contributed by atoms with Crippen molar-refractivity contribution in [1.29, 1.82) is 0 Å². The van der Waals surface area contributed by atoms with E-state index < -0.39 is 9.84 Å². The quantitative estimate of drug-likeness (QED) is 0.778. The first-order valence-electron chi connectivity index (χ1n) is 8.07. The molecule has 7 heteroatoms. The van der Waals surface area contributed by atoms with Crippen LogP contribution < -0.4 is 10.6 Å². The first-order valence-corrected chi connectivity index (χ1v) is 9.72. The van der Waals surface area contributed by atoms with Crippen molar-refractivity contribution in [1.82, 2.24) is 10.2 Å². The van der Waals surface area contributed by atoms with Gasteiger partial charge in [0, 0.05) is 31.9 Å². The number of carbonyl (C=O) groups is 1. The summed E-state index contributed by atoms with van der Waals surface area (Å²) in [5.74, 6) is 0.0894. The molecule has 1 fully saturated rings. The zero-order valence-corrected chi connectivity index (χ0v) is 14.4. The molecular formula is C16H25N3O3S. The second kappa shape index (κ2) is 8.42. The van der Waals surface area contributed by atoms with Crippen LogP contribution in [0.5, 0.6) is 0 Å². The summed E-state index contributed by atoms with van der Waals surface area (Å²) in [4.78, 5) is 14.4. The topological polar surface area (TPSA) is 78.5 Å². The molecule has 128 valence electrons. The lowest BCUT2D eigenvalue weighted by atomic mass is 10.3. The van der Waals surface area contributed by atoms with Gasteiger partial charge in [-0.3, -0.25) is 9.69 Å². The lowest BCUT2D eigenvalue weighted by Gasteiger charge is -2.26. The molecule has 2 rings (SSSR count). The molecule has 6 nitrogen and oxygen atoms in total. The van der Waals surface area contributed by atoms with Crippen LogP contribution in [0.15, 0.2) is 29.2 Å². The van der Waals surface area contributed by atoms with E-state index in [2.05, 4.69) is 15.5 Å². The van der Waals surface area contributed by atoms with E-state index >= 15 is 0 Å². The maximum Gasteiger partial charge on any atom is 0.238 e. The standard InChI is InChI=1S/C16H25N3O3S/c1-2-3-12-23(21,22)15-6-4-14(5-7-15)18-16(20)13-19-10-8-17-9-11-19/h4-7,17H,2-3,8-13H2,1H3,(H,18,20). The highest BCUT2D eigenvalue weighted by atomic mass is 32.2. The lowest BCUT2D eigenvalue weighted by Crippen LogP contribution is -2.46. The molecule has 23 heavy (non-hydrogen) atoms. The van der Waals surface area contributed by atoms with Crippen molar-refractivity contribution >= 4 is 21.4 Å². The van der Waals surface area contributed by atoms with E-state index in [0.29, 0.717) is 23.5 Å². The summed E-state index contributed by atoms with van der Waals surface area (Å²) in [5.41, 5.74) is 0.625. The zero-order valence-electron chi connectivity index (χ0n) is 13.5. The molecule has 2 N–H and O–H groups in total. The summed E-state index contributed by atoms with van der Waals surface area (Å²) in [6.45, 7) is 5.85. The molecule has 0 atom stereocenters. The van der Waals surface area contributed by atoms with Gasteiger partial charge in [-0.15, -0.1) is 0 Å². The Morgan fingerprint density at radius 3 is 2.48 bits per heavy atom. The Morgan fingerprint density at radius 2 is 1.87 bits per heavy atom. The molecule has 1 aromatic rings. The molecular weight excluding hydrogens is 314 g/mol. The SMILES string of the molecule is CCCCS(=O)(=O)c1ccc(NC(=O)CN2CCNCC2)cc1. The minimum absolute atomic E-state index is 0.0755. The molecule has 1 heterocycles. The van der Waals surface area contributed by atoms with Gasteiger partial charge < -0.3 is 10.6 Å². The second-order valence-corrected chi connectivity index (χ2v) is 7.88. The van der Waals surface area contributed by atoms with Crippen LogP contribution in [-0.2, 0) is 14.6 Å². The fourth-order valence-corrected chi connectivity index (χ4v) is 3.93. The monoisotopic (exact) mass is 339 g/mol. The minimum Gasteiger partial charge on any atom is -0.325 e. The van der Waals surface area contributed by atoms with Gasteiger partial charge in [0.2, 0.25) is 5.91 Å². The summed E-state index contributed by atoms with van der Waals surface area (Å²) in [7, 11) is -3.22. The Hall–Kier alpha value is -1.44. The normalized spacial score (nSPS) is 16.2. The highest BCUT2D eigenvalue weighted by Crippen LogP contribution is 2.16. The first-order chi connectivity index (χ1) is 11.0. The molecule has 1 saturated heterocycles. The first kappa shape index (κ1) is 17.9. The summed E-state index contributed by atoms with van der Waals surface area (Å²) in [5, 5.41) is 6.06. The van der Waals surface area contributed by atoms with Crippen LogP contribution in [0.4, 0.5) is 5.69 Å². The summed E-state index contributed by atoms with van der Waals surface area (Å²) in [6, 6.07) is 6.42. The van der Waals surface area contributed by atoms with E-state index in [1.807, 2.05) is 6.92 Å². The number of unbranched alkanes of at least 4 members (excludes halogenated alkanes) is 1. The van der Waals surface area contributed by atoms with Gasteiger partial charge in [0.15, 0.2) is 9.84 Å². The Morgan fingerprint density at radius 1 is 1.22 bits per heavy atom. The molecule has 1 amide bonds. The molecule has 0 aliphatic carbocycles. The Kier molecular flexibility index (Phi) is 6.56. The number of hydrogen-bond donors (Lipinski definition) is 2. The van der Waals surface area contributed by atoms with Crippen LogP contribution in [0.3, 0.4) is 0 Å². The van der Waals surface area contributed by atoms with Gasteiger partial charge in [-0.2, -0.15) is 0 Å². The van der Waals surface area contributed by atoms with Gasteiger partial charge >= 0.3 is 0 Å². The van der Waals surface area contributed by atoms with Gasteiger partial charge in [0.1, 0.15) is 0 Å². The van der Waals surface area contributed by atoms with Crippen LogP contribution >= 0.6 is 0 Å². The smallest absolute Gasteiger partial charge is 0.238 e. The van der Waals surface area contributed by atoms with E-state index in [0.717, 1.165) is 32.6 Å². The number of piperazine rings is 1. The fourth-order valence-electron chi connectivity index (χ4n) is 2.47. The number of hydrogen-bond acceptors (Lipinski definition) is 5. The molecule has 0 aromatic heterocycles. The number of benzene rings is 1. The Balaban J connectivity index is 1.90. The van der Waals surface area contributed by atoms with E-state index in [-0.39, 0.29) is 11.7 Å². The van der Waals surface area contributed by atoms with Crippen molar-refractivity contribution < 1.29 is 13.2 Å². The minimum atomic E-state index is -3.22. The largest absolute Gasteiger partial charge is 0.325 e. The van der Waals surface area contributed by atoms with E-state index in [1.54, 1.807) is 24.3 Å². The van der Waals surface area contributed by atoms with Crippen molar-refractivity contribution in [3.05, 3.63) is 24.3 Å². The van der Waals surface area contributed by atoms with Gasteiger partial charge in [0.25, 0.3) is 0 Å². The molecule has 1 aromatic carbocycles. The van der Waals surface area contributed by atoms with Crippen molar-refractivity contribution in [2.45, 2.75) is 24.7 Å². The van der Waals surface area contributed by atoms with Gasteiger partial charge in [0.05, 0.1) is 17.2 Å². The van der Waals surface area contributed by atoms with Crippen molar-refractivity contribution in [3.63, 3.8) is 0 Å². The average Bonchev–Trinajstić information content (AvgIpc) is 2.54. The molecule has 0 radical (unpaired) electrons. The van der Waals surface area contributed by atoms with Crippen molar-refractivity contribution in [2.24, 2.45) is 0 Å². The van der Waals surface area contributed by atoms with Crippen LogP contribution in [-0.4, -0.2) is 57.7 Å². The van der Waals surface area contributed by atoms with Crippen molar-refractivity contribution in [3.8, 4) is 0 Å².